The third-order valence-corrected chi connectivity index (χ3v) is 0.909. The van der Waals surface area contributed by atoms with Gasteiger partial charge in [-0.2, -0.15) is 0 Å². The molecule has 0 N–H and O–H groups in total. The van der Waals surface area contributed by atoms with Gasteiger partial charge in [0.25, 0.3) is 0 Å². The summed E-state index contributed by atoms with van der Waals surface area (Å²) in [5.41, 5.74) is 0. The summed E-state index contributed by atoms with van der Waals surface area (Å²) < 4.78 is 10.2. The number of hydrogen-bond acceptors (Lipinski definition) is 2. The quantitative estimate of drug-likeness (QED) is 0.528. The lowest BCUT2D eigenvalue weighted by molar-refractivity contribution is -0.122. The molecule has 0 bridgehead atoms. The monoisotopic (exact) mass is 131 g/mol. The van der Waals surface area contributed by atoms with Crippen molar-refractivity contribution in [2.75, 3.05) is 13.2 Å². The summed E-state index contributed by atoms with van der Waals surface area (Å²) in [6.07, 6.45) is 0.938. The molecule has 0 aromatic heterocycles. The Morgan fingerprint density at radius 1 is 1.44 bits per heavy atom. The van der Waals surface area contributed by atoms with Crippen molar-refractivity contribution < 1.29 is 9.47 Å². The first-order chi connectivity index (χ1) is 4.31. The second kappa shape index (κ2) is 6.05. The summed E-state index contributed by atoms with van der Waals surface area (Å²) in [5.74, 6) is 0. The second-order valence-corrected chi connectivity index (χ2v) is 1.81. The molecule has 0 rings (SSSR count). The number of ether oxygens (including phenoxy) is 2. The summed E-state index contributed by atoms with van der Waals surface area (Å²) in [6.45, 7) is 8.72. The van der Waals surface area contributed by atoms with Crippen LogP contribution in [0.15, 0.2) is 0 Å². The van der Waals surface area contributed by atoms with Crippen LogP contribution in [0.1, 0.15) is 20.3 Å². The van der Waals surface area contributed by atoms with Gasteiger partial charge in [0, 0.05) is 13.2 Å². The molecule has 2 heteroatoms. The van der Waals surface area contributed by atoms with Crippen LogP contribution in [0.25, 0.3) is 0 Å². The molecule has 0 saturated carbocycles. The van der Waals surface area contributed by atoms with E-state index in [4.69, 9.17) is 9.47 Å². The van der Waals surface area contributed by atoms with Crippen molar-refractivity contribution >= 4 is 0 Å². The topological polar surface area (TPSA) is 18.5 Å². The van der Waals surface area contributed by atoms with E-state index in [9.17, 15) is 0 Å². The maximum Gasteiger partial charge on any atom is 0.154 e. The molecule has 0 fully saturated rings. The van der Waals surface area contributed by atoms with Crippen molar-refractivity contribution in [3.8, 4) is 0 Å². The molecular weight excluding hydrogens is 116 g/mol. The fourth-order valence-corrected chi connectivity index (χ4v) is 0.498. The Kier molecular flexibility index (Phi) is 5.99. The van der Waals surface area contributed by atoms with Crippen LogP contribution in [0.4, 0.5) is 0 Å². The minimum Gasteiger partial charge on any atom is -0.353 e. The van der Waals surface area contributed by atoms with Crippen LogP contribution in [0.5, 0.6) is 0 Å². The fourth-order valence-electron chi connectivity index (χ4n) is 0.498. The molecular formula is C7H15O2. The summed E-state index contributed by atoms with van der Waals surface area (Å²) in [5, 5.41) is 0. The molecule has 0 amide bonds. The van der Waals surface area contributed by atoms with Gasteiger partial charge in [-0.1, -0.05) is 6.92 Å². The molecule has 1 unspecified atom stereocenters. The largest absolute Gasteiger partial charge is 0.353 e. The third kappa shape index (κ3) is 5.80. The average molecular weight is 131 g/mol. The Morgan fingerprint density at radius 3 is 2.56 bits per heavy atom. The van der Waals surface area contributed by atoms with Crippen molar-refractivity contribution in [1.82, 2.24) is 0 Å². The van der Waals surface area contributed by atoms with Gasteiger partial charge in [0.05, 0.1) is 0 Å². The number of rotatable bonds is 5. The van der Waals surface area contributed by atoms with Gasteiger partial charge in [-0.05, 0) is 20.3 Å². The minimum atomic E-state index is -0.0950. The second-order valence-electron chi connectivity index (χ2n) is 1.81. The van der Waals surface area contributed by atoms with Gasteiger partial charge in [-0.25, -0.2) is 0 Å². The predicted molar refractivity (Wildman–Crippen MR) is 37.0 cm³/mol. The summed E-state index contributed by atoms with van der Waals surface area (Å²) >= 11 is 0. The van der Waals surface area contributed by atoms with E-state index in [-0.39, 0.29) is 6.29 Å². The highest BCUT2D eigenvalue weighted by molar-refractivity contribution is 4.34. The Bertz CT molecular complexity index is 54.9. The van der Waals surface area contributed by atoms with E-state index < -0.39 is 0 Å². The van der Waals surface area contributed by atoms with E-state index in [0.717, 1.165) is 13.0 Å². The zero-order valence-electron chi connectivity index (χ0n) is 6.22. The van der Waals surface area contributed by atoms with Crippen LogP contribution in [0, 0.1) is 6.92 Å². The van der Waals surface area contributed by atoms with Crippen LogP contribution in [-0.2, 0) is 9.47 Å². The summed E-state index contributed by atoms with van der Waals surface area (Å²) in [6, 6.07) is 0. The number of hydrogen-bond donors (Lipinski definition) is 0. The molecule has 0 heterocycles. The van der Waals surface area contributed by atoms with Crippen LogP contribution in [0.2, 0.25) is 0 Å². The van der Waals surface area contributed by atoms with Gasteiger partial charge in [0.1, 0.15) is 0 Å². The highest BCUT2D eigenvalue weighted by atomic mass is 16.7. The highest BCUT2D eigenvalue weighted by Gasteiger charge is 1.96. The van der Waals surface area contributed by atoms with Gasteiger partial charge in [-0.15, -0.1) is 0 Å². The van der Waals surface area contributed by atoms with E-state index in [1.807, 2.05) is 6.92 Å². The van der Waals surface area contributed by atoms with Crippen LogP contribution < -0.4 is 0 Å². The van der Waals surface area contributed by atoms with E-state index in [2.05, 4.69) is 13.8 Å². The minimum absolute atomic E-state index is 0.0950. The van der Waals surface area contributed by atoms with Crippen LogP contribution in [-0.4, -0.2) is 19.5 Å². The third-order valence-electron chi connectivity index (χ3n) is 0.909. The summed E-state index contributed by atoms with van der Waals surface area (Å²) in [7, 11) is 0. The normalized spacial score (nSPS) is 13.7. The Labute approximate surface area is 57.2 Å². The molecule has 0 aromatic carbocycles. The van der Waals surface area contributed by atoms with Gasteiger partial charge in [-0.3, -0.25) is 0 Å². The Morgan fingerprint density at radius 2 is 2.11 bits per heavy atom. The van der Waals surface area contributed by atoms with E-state index in [1.54, 1.807) is 0 Å². The molecule has 2 nitrogen and oxygen atoms in total. The maximum atomic E-state index is 5.17. The Hall–Kier alpha value is -0.0800. The van der Waals surface area contributed by atoms with Gasteiger partial charge < -0.3 is 9.47 Å². The van der Waals surface area contributed by atoms with Crippen molar-refractivity contribution in [2.24, 2.45) is 0 Å². The maximum absolute atomic E-state index is 5.17. The van der Waals surface area contributed by atoms with Crippen molar-refractivity contribution in [2.45, 2.75) is 26.6 Å². The van der Waals surface area contributed by atoms with E-state index in [0.29, 0.717) is 6.61 Å². The van der Waals surface area contributed by atoms with Gasteiger partial charge in [0.2, 0.25) is 0 Å². The molecule has 55 valence electrons. The SMILES string of the molecule is [CH2]COC(C)OCCC. The fraction of sp³-hybridized carbons (Fsp3) is 0.857. The molecule has 0 aromatic rings. The van der Waals surface area contributed by atoms with Crippen LogP contribution in [0.3, 0.4) is 0 Å². The molecule has 0 aliphatic carbocycles. The predicted octanol–water partition coefficient (Wildman–Crippen LogP) is 1.61. The van der Waals surface area contributed by atoms with Gasteiger partial charge >= 0.3 is 0 Å². The standard InChI is InChI=1S/C7H15O2/c1-4-6-9-7(3)8-5-2/h7H,2,4-6H2,1,3H3. The smallest absolute Gasteiger partial charge is 0.154 e. The van der Waals surface area contributed by atoms with Crippen molar-refractivity contribution in [3.05, 3.63) is 6.92 Å². The van der Waals surface area contributed by atoms with E-state index >= 15 is 0 Å². The van der Waals surface area contributed by atoms with Gasteiger partial charge in [0.15, 0.2) is 6.29 Å². The van der Waals surface area contributed by atoms with Crippen molar-refractivity contribution in [1.29, 1.82) is 0 Å². The first-order valence-corrected chi connectivity index (χ1v) is 3.33. The van der Waals surface area contributed by atoms with Crippen LogP contribution >= 0.6 is 0 Å². The lowest BCUT2D eigenvalue weighted by Gasteiger charge is -2.10. The lowest BCUT2D eigenvalue weighted by Crippen LogP contribution is -2.12. The van der Waals surface area contributed by atoms with Crippen molar-refractivity contribution in [3.63, 3.8) is 0 Å². The molecule has 0 saturated heterocycles. The lowest BCUT2D eigenvalue weighted by atomic mass is 10.5. The van der Waals surface area contributed by atoms with E-state index in [1.165, 1.54) is 0 Å². The average Bonchev–Trinajstić information content (AvgIpc) is 1.85. The molecule has 1 atom stereocenters. The first-order valence-electron chi connectivity index (χ1n) is 3.33. The summed E-state index contributed by atoms with van der Waals surface area (Å²) in [4.78, 5) is 0. The molecule has 0 aliphatic heterocycles. The molecule has 0 spiro atoms. The zero-order valence-corrected chi connectivity index (χ0v) is 6.22. The Balaban J connectivity index is 2.95. The molecule has 0 aliphatic rings. The highest BCUT2D eigenvalue weighted by Crippen LogP contribution is 1.92. The molecule has 9 heavy (non-hydrogen) atoms. The first kappa shape index (κ1) is 8.92. The zero-order chi connectivity index (χ0) is 7.11. The molecule has 1 radical (unpaired) electrons.